The second-order valence-electron chi connectivity index (χ2n) is 4.72. The van der Waals surface area contributed by atoms with E-state index in [0.29, 0.717) is 5.92 Å². The van der Waals surface area contributed by atoms with Crippen molar-refractivity contribution in [1.82, 2.24) is 5.43 Å². The van der Waals surface area contributed by atoms with Gasteiger partial charge in [0.05, 0.1) is 6.61 Å². The summed E-state index contributed by atoms with van der Waals surface area (Å²) < 4.78 is 5.66. The third-order valence-corrected chi connectivity index (χ3v) is 3.14. The topological polar surface area (TPSA) is 47.3 Å². The summed E-state index contributed by atoms with van der Waals surface area (Å²) >= 11 is 0. The Morgan fingerprint density at radius 3 is 2.94 bits per heavy atom. The van der Waals surface area contributed by atoms with E-state index in [9.17, 15) is 0 Å². The summed E-state index contributed by atoms with van der Waals surface area (Å²) in [5.41, 5.74) is 5.44. The number of benzene rings is 1. The minimum Gasteiger partial charge on any atom is -0.493 e. The summed E-state index contributed by atoms with van der Waals surface area (Å²) in [6, 6.07) is 8.38. The SMILES string of the molecule is CC(C)=CC(NN)C1CCOc2ccccc21. The Morgan fingerprint density at radius 1 is 1.47 bits per heavy atom. The number of allylic oxidation sites excluding steroid dienone is 1. The molecule has 0 aliphatic carbocycles. The predicted molar refractivity (Wildman–Crippen MR) is 69.8 cm³/mol. The number of nitrogens with two attached hydrogens (primary N) is 1. The number of hydrogen-bond acceptors (Lipinski definition) is 3. The molecule has 1 aromatic carbocycles. The van der Waals surface area contributed by atoms with Crippen molar-refractivity contribution in [3.63, 3.8) is 0 Å². The van der Waals surface area contributed by atoms with Gasteiger partial charge in [-0.15, -0.1) is 0 Å². The largest absolute Gasteiger partial charge is 0.493 e. The highest BCUT2D eigenvalue weighted by Gasteiger charge is 2.26. The van der Waals surface area contributed by atoms with E-state index in [1.807, 2.05) is 12.1 Å². The molecule has 0 saturated heterocycles. The van der Waals surface area contributed by atoms with E-state index < -0.39 is 0 Å². The van der Waals surface area contributed by atoms with E-state index in [4.69, 9.17) is 10.6 Å². The van der Waals surface area contributed by atoms with E-state index in [1.165, 1.54) is 11.1 Å². The molecule has 0 saturated carbocycles. The number of nitrogens with one attached hydrogen (secondary N) is 1. The first-order valence-electron chi connectivity index (χ1n) is 6.05. The number of ether oxygens (including phenoxy) is 1. The van der Waals surface area contributed by atoms with E-state index in [-0.39, 0.29) is 6.04 Å². The van der Waals surface area contributed by atoms with Gasteiger partial charge in [0.25, 0.3) is 0 Å². The maximum atomic E-state index is 5.67. The highest BCUT2D eigenvalue weighted by atomic mass is 16.5. The van der Waals surface area contributed by atoms with Crippen molar-refractivity contribution in [2.45, 2.75) is 32.2 Å². The van der Waals surface area contributed by atoms with E-state index in [2.05, 4.69) is 37.5 Å². The second-order valence-corrected chi connectivity index (χ2v) is 4.72. The predicted octanol–water partition coefficient (Wildman–Crippen LogP) is 2.35. The molecule has 3 nitrogen and oxygen atoms in total. The van der Waals surface area contributed by atoms with Crippen LogP contribution in [0, 0.1) is 0 Å². The third kappa shape index (κ3) is 2.68. The van der Waals surface area contributed by atoms with E-state index in [0.717, 1.165) is 18.8 Å². The molecule has 0 aromatic heterocycles. The first kappa shape index (κ1) is 12.1. The molecule has 0 fully saturated rings. The molecule has 1 aromatic rings. The quantitative estimate of drug-likeness (QED) is 0.478. The number of para-hydroxylation sites is 1. The Bertz CT molecular complexity index is 410. The molecule has 0 spiro atoms. The van der Waals surface area contributed by atoms with Crippen LogP contribution in [0.5, 0.6) is 5.75 Å². The Morgan fingerprint density at radius 2 is 2.24 bits per heavy atom. The van der Waals surface area contributed by atoms with Crippen molar-refractivity contribution in [3.8, 4) is 5.75 Å². The van der Waals surface area contributed by atoms with Crippen LogP contribution in [-0.4, -0.2) is 12.6 Å². The van der Waals surface area contributed by atoms with Crippen molar-refractivity contribution >= 4 is 0 Å². The van der Waals surface area contributed by atoms with Crippen LogP contribution in [0.3, 0.4) is 0 Å². The average Bonchev–Trinajstić information content (AvgIpc) is 2.35. The fourth-order valence-electron chi connectivity index (χ4n) is 2.38. The zero-order chi connectivity index (χ0) is 12.3. The van der Waals surface area contributed by atoms with Gasteiger partial charge in [0, 0.05) is 12.0 Å². The van der Waals surface area contributed by atoms with Crippen LogP contribution in [0.1, 0.15) is 31.7 Å². The van der Waals surface area contributed by atoms with Crippen molar-refractivity contribution in [2.75, 3.05) is 6.61 Å². The minimum atomic E-state index is 0.171. The van der Waals surface area contributed by atoms with Gasteiger partial charge in [0.15, 0.2) is 0 Å². The molecule has 3 heteroatoms. The lowest BCUT2D eigenvalue weighted by Gasteiger charge is -2.30. The van der Waals surface area contributed by atoms with E-state index in [1.54, 1.807) is 0 Å². The zero-order valence-electron chi connectivity index (χ0n) is 10.4. The van der Waals surface area contributed by atoms with Crippen molar-refractivity contribution in [2.24, 2.45) is 5.84 Å². The first-order valence-corrected chi connectivity index (χ1v) is 6.05. The monoisotopic (exact) mass is 232 g/mol. The summed E-state index contributed by atoms with van der Waals surface area (Å²) in [6.45, 7) is 4.95. The van der Waals surface area contributed by atoms with Crippen LogP contribution in [0.4, 0.5) is 0 Å². The Hall–Kier alpha value is -1.32. The molecule has 1 aliphatic rings. The molecule has 92 valence electrons. The molecule has 0 amide bonds. The van der Waals surface area contributed by atoms with Crippen LogP contribution in [-0.2, 0) is 0 Å². The first-order chi connectivity index (χ1) is 8.22. The maximum Gasteiger partial charge on any atom is 0.122 e. The summed E-state index contributed by atoms with van der Waals surface area (Å²) in [6.07, 6.45) is 3.18. The lowest BCUT2D eigenvalue weighted by molar-refractivity contribution is 0.254. The van der Waals surface area contributed by atoms with E-state index >= 15 is 0 Å². The third-order valence-electron chi connectivity index (χ3n) is 3.14. The average molecular weight is 232 g/mol. The molecule has 1 aliphatic heterocycles. The molecular formula is C14H20N2O. The lowest BCUT2D eigenvalue weighted by atomic mass is 9.86. The highest BCUT2D eigenvalue weighted by molar-refractivity contribution is 5.39. The number of rotatable bonds is 3. The van der Waals surface area contributed by atoms with Crippen LogP contribution in [0.2, 0.25) is 0 Å². The summed E-state index contributed by atoms with van der Waals surface area (Å²) in [7, 11) is 0. The molecule has 0 bridgehead atoms. The molecular weight excluding hydrogens is 212 g/mol. The van der Waals surface area contributed by atoms with Gasteiger partial charge in [-0.3, -0.25) is 11.3 Å². The number of hydrazine groups is 1. The van der Waals surface area contributed by atoms with Gasteiger partial charge in [0.2, 0.25) is 0 Å². The van der Waals surface area contributed by atoms with Gasteiger partial charge in [-0.2, -0.15) is 0 Å². The van der Waals surface area contributed by atoms with Gasteiger partial charge >= 0.3 is 0 Å². The van der Waals surface area contributed by atoms with Crippen LogP contribution < -0.4 is 16.0 Å². The molecule has 3 N–H and O–H groups in total. The molecule has 1 heterocycles. The molecule has 17 heavy (non-hydrogen) atoms. The molecule has 2 rings (SSSR count). The molecule has 2 unspecified atom stereocenters. The number of hydrogen-bond donors (Lipinski definition) is 2. The van der Waals surface area contributed by atoms with Gasteiger partial charge in [0.1, 0.15) is 5.75 Å². The van der Waals surface area contributed by atoms with Crippen LogP contribution in [0.25, 0.3) is 0 Å². The second kappa shape index (κ2) is 5.34. The normalized spacial score (nSPS) is 20.1. The Labute approximate surface area is 103 Å². The summed E-state index contributed by atoms with van der Waals surface area (Å²) in [5.74, 6) is 7.05. The molecule has 2 atom stereocenters. The van der Waals surface area contributed by atoms with Crippen molar-refractivity contribution in [1.29, 1.82) is 0 Å². The summed E-state index contributed by atoms with van der Waals surface area (Å²) in [5, 5.41) is 0. The number of fused-ring (bicyclic) bond motifs is 1. The zero-order valence-corrected chi connectivity index (χ0v) is 10.4. The Balaban J connectivity index is 2.31. The van der Waals surface area contributed by atoms with Gasteiger partial charge < -0.3 is 4.74 Å². The maximum absolute atomic E-state index is 5.67. The smallest absolute Gasteiger partial charge is 0.122 e. The van der Waals surface area contributed by atoms with Gasteiger partial charge in [-0.25, -0.2) is 0 Å². The highest BCUT2D eigenvalue weighted by Crippen LogP contribution is 2.35. The minimum absolute atomic E-state index is 0.171. The van der Waals surface area contributed by atoms with Crippen molar-refractivity contribution < 1.29 is 4.74 Å². The Kier molecular flexibility index (Phi) is 3.82. The standard InChI is InChI=1S/C14H20N2O/c1-10(2)9-13(16-15)11-7-8-17-14-6-4-3-5-12(11)14/h3-6,9,11,13,16H,7-8,15H2,1-2H3. The van der Waals surface area contributed by atoms with Gasteiger partial charge in [-0.1, -0.05) is 29.8 Å². The fraction of sp³-hybridized carbons (Fsp3) is 0.429. The fourth-order valence-corrected chi connectivity index (χ4v) is 2.38. The lowest BCUT2D eigenvalue weighted by Crippen LogP contribution is -2.40. The van der Waals surface area contributed by atoms with Crippen LogP contribution in [0.15, 0.2) is 35.9 Å². The molecule has 0 radical (unpaired) electrons. The van der Waals surface area contributed by atoms with Gasteiger partial charge in [-0.05, 0) is 31.9 Å². The van der Waals surface area contributed by atoms with Crippen LogP contribution >= 0.6 is 0 Å². The van der Waals surface area contributed by atoms with Crippen molar-refractivity contribution in [3.05, 3.63) is 41.5 Å². The summed E-state index contributed by atoms with van der Waals surface area (Å²) in [4.78, 5) is 0.